The third-order valence-electron chi connectivity index (χ3n) is 5.48. The van der Waals surface area contributed by atoms with Crippen LogP contribution in [0.3, 0.4) is 0 Å². The standard InChI is InChI=1S/C18H28N4O/c1-18(2)14-22(12-11-20(18)3)17(23)15-6-9-21(10-7-15)16-5-4-8-19-13-16/h4-5,8,13,15H,6-7,9-12,14H2,1-3H3. The van der Waals surface area contributed by atoms with Crippen LogP contribution >= 0.6 is 0 Å². The van der Waals surface area contributed by atoms with Crippen molar-refractivity contribution < 1.29 is 4.79 Å². The first kappa shape index (κ1) is 16.2. The Bertz CT molecular complexity index is 537. The Balaban J connectivity index is 1.56. The minimum Gasteiger partial charge on any atom is -0.370 e. The molecule has 1 aromatic rings. The number of pyridine rings is 1. The van der Waals surface area contributed by atoms with Gasteiger partial charge in [-0.2, -0.15) is 0 Å². The molecule has 3 rings (SSSR count). The number of carbonyl (C=O) groups is 1. The van der Waals surface area contributed by atoms with Gasteiger partial charge in [-0.3, -0.25) is 14.7 Å². The van der Waals surface area contributed by atoms with E-state index in [9.17, 15) is 4.79 Å². The Labute approximate surface area is 139 Å². The lowest BCUT2D eigenvalue weighted by Crippen LogP contribution is -2.60. The molecule has 0 aromatic carbocycles. The second kappa shape index (κ2) is 6.48. The zero-order chi connectivity index (χ0) is 16.4. The van der Waals surface area contributed by atoms with Crippen LogP contribution in [-0.2, 0) is 4.79 Å². The summed E-state index contributed by atoms with van der Waals surface area (Å²) in [5.41, 5.74) is 1.24. The molecule has 0 spiro atoms. The number of piperazine rings is 1. The second-order valence-electron chi connectivity index (χ2n) is 7.47. The van der Waals surface area contributed by atoms with E-state index in [1.807, 2.05) is 12.3 Å². The van der Waals surface area contributed by atoms with Gasteiger partial charge in [0.2, 0.25) is 5.91 Å². The van der Waals surface area contributed by atoms with E-state index in [-0.39, 0.29) is 11.5 Å². The first-order valence-electron chi connectivity index (χ1n) is 8.62. The lowest BCUT2D eigenvalue weighted by Gasteiger charge is -2.46. The molecule has 0 saturated carbocycles. The number of nitrogens with zero attached hydrogens (tertiary/aromatic N) is 4. The van der Waals surface area contributed by atoms with Gasteiger partial charge in [0.15, 0.2) is 0 Å². The highest BCUT2D eigenvalue weighted by atomic mass is 16.2. The van der Waals surface area contributed by atoms with E-state index in [4.69, 9.17) is 0 Å². The molecule has 2 aliphatic rings. The van der Waals surface area contributed by atoms with Crippen LogP contribution in [-0.4, -0.2) is 66.0 Å². The lowest BCUT2D eigenvalue weighted by atomic mass is 9.92. The SMILES string of the molecule is CN1CCN(C(=O)C2CCN(c3cccnc3)CC2)CC1(C)C. The largest absolute Gasteiger partial charge is 0.370 e. The highest BCUT2D eigenvalue weighted by molar-refractivity contribution is 5.79. The smallest absolute Gasteiger partial charge is 0.225 e. The fourth-order valence-corrected chi connectivity index (χ4v) is 3.61. The van der Waals surface area contributed by atoms with E-state index in [1.54, 1.807) is 6.20 Å². The molecule has 0 atom stereocenters. The predicted octanol–water partition coefficient (Wildman–Crippen LogP) is 1.85. The van der Waals surface area contributed by atoms with Crippen LogP contribution in [0.15, 0.2) is 24.5 Å². The molecule has 5 heteroatoms. The number of hydrogen-bond acceptors (Lipinski definition) is 4. The first-order chi connectivity index (χ1) is 11.0. The molecule has 0 aliphatic carbocycles. The summed E-state index contributed by atoms with van der Waals surface area (Å²) in [5.74, 6) is 0.541. The van der Waals surface area contributed by atoms with Crippen molar-refractivity contribution in [2.24, 2.45) is 5.92 Å². The molecule has 2 aliphatic heterocycles. The topological polar surface area (TPSA) is 39.7 Å². The molecule has 5 nitrogen and oxygen atoms in total. The molecule has 2 saturated heterocycles. The van der Waals surface area contributed by atoms with Crippen LogP contribution in [0.1, 0.15) is 26.7 Å². The third kappa shape index (κ3) is 3.50. The molecular weight excluding hydrogens is 288 g/mol. The van der Waals surface area contributed by atoms with Crippen molar-refractivity contribution in [2.45, 2.75) is 32.2 Å². The maximum atomic E-state index is 12.9. The first-order valence-corrected chi connectivity index (χ1v) is 8.62. The van der Waals surface area contributed by atoms with Crippen LogP contribution in [0.2, 0.25) is 0 Å². The summed E-state index contributed by atoms with van der Waals surface area (Å²) in [4.78, 5) is 23.8. The molecule has 3 heterocycles. The van der Waals surface area contributed by atoms with Crippen molar-refractivity contribution in [1.29, 1.82) is 0 Å². The fraction of sp³-hybridized carbons (Fsp3) is 0.667. The molecule has 2 fully saturated rings. The summed E-state index contributed by atoms with van der Waals surface area (Å²) in [6.45, 7) is 8.99. The number of piperidine rings is 1. The lowest BCUT2D eigenvalue weighted by molar-refractivity contribution is -0.140. The molecular formula is C18H28N4O. The van der Waals surface area contributed by atoms with Gasteiger partial charge in [-0.1, -0.05) is 0 Å². The van der Waals surface area contributed by atoms with Crippen LogP contribution in [0.25, 0.3) is 0 Å². The molecule has 0 radical (unpaired) electrons. The molecule has 0 N–H and O–H groups in total. The number of carbonyl (C=O) groups excluding carboxylic acids is 1. The van der Waals surface area contributed by atoms with E-state index in [0.717, 1.165) is 45.6 Å². The fourth-order valence-electron chi connectivity index (χ4n) is 3.61. The van der Waals surface area contributed by atoms with Gasteiger partial charge in [0, 0.05) is 50.4 Å². The third-order valence-corrected chi connectivity index (χ3v) is 5.48. The molecule has 1 amide bonds. The van der Waals surface area contributed by atoms with Crippen molar-refractivity contribution in [2.75, 3.05) is 44.7 Å². The number of likely N-dealkylation sites (N-methyl/N-ethyl adjacent to an activating group) is 1. The van der Waals surface area contributed by atoms with Crippen molar-refractivity contribution in [3.63, 3.8) is 0 Å². The minimum atomic E-state index is 0.0737. The van der Waals surface area contributed by atoms with E-state index in [2.05, 4.69) is 46.6 Å². The van der Waals surface area contributed by atoms with Crippen molar-refractivity contribution in [1.82, 2.24) is 14.8 Å². The number of amides is 1. The van der Waals surface area contributed by atoms with Gasteiger partial charge in [0.25, 0.3) is 0 Å². The summed E-state index contributed by atoms with van der Waals surface area (Å²) in [6.07, 6.45) is 5.60. The molecule has 1 aromatic heterocycles. The summed E-state index contributed by atoms with van der Waals surface area (Å²) in [5, 5.41) is 0. The van der Waals surface area contributed by atoms with Crippen LogP contribution in [0.5, 0.6) is 0 Å². The molecule has 0 unspecified atom stereocenters. The average molecular weight is 316 g/mol. The van der Waals surface area contributed by atoms with Gasteiger partial charge >= 0.3 is 0 Å². The Morgan fingerprint density at radius 2 is 1.96 bits per heavy atom. The van der Waals surface area contributed by atoms with Crippen LogP contribution in [0, 0.1) is 5.92 Å². The zero-order valence-corrected chi connectivity index (χ0v) is 14.5. The Morgan fingerprint density at radius 1 is 1.22 bits per heavy atom. The molecule has 126 valence electrons. The van der Waals surface area contributed by atoms with Gasteiger partial charge in [0.1, 0.15) is 0 Å². The van der Waals surface area contributed by atoms with E-state index in [0.29, 0.717) is 5.91 Å². The van der Waals surface area contributed by atoms with E-state index in [1.165, 1.54) is 5.69 Å². The highest BCUT2D eigenvalue weighted by Gasteiger charge is 2.36. The van der Waals surface area contributed by atoms with E-state index >= 15 is 0 Å². The Kier molecular flexibility index (Phi) is 4.57. The van der Waals surface area contributed by atoms with Gasteiger partial charge in [-0.25, -0.2) is 0 Å². The van der Waals surface area contributed by atoms with Crippen LogP contribution in [0.4, 0.5) is 5.69 Å². The van der Waals surface area contributed by atoms with Gasteiger partial charge < -0.3 is 9.80 Å². The quantitative estimate of drug-likeness (QED) is 0.835. The van der Waals surface area contributed by atoms with Crippen molar-refractivity contribution in [3.05, 3.63) is 24.5 Å². The van der Waals surface area contributed by atoms with Crippen LogP contribution < -0.4 is 4.90 Å². The van der Waals surface area contributed by atoms with Gasteiger partial charge in [0.05, 0.1) is 11.9 Å². The average Bonchev–Trinajstić information content (AvgIpc) is 2.57. The summed E-state index contributed by atoms with van der Waals surface area (Å²) in [7, 11) is 2.15. The normalized spacial score (nSPS) is 23.1. The summed E-state index contributed by atoms with van der Waals surface area (Å²) < 4.78 is 0. The van der Waals surface area contributed by atoms with Gasteiger partial charge in [-0.05, 0) is 45.9 Å². The highest BCUT2D eigenvalue weighted by Crippen LogP contribution is 2.26. The number of aromatic nitrogens is 1. The van der Waals surface area contributed by atoms with E-state index < -0.39 is 0 Å². The Morgan fingerprint density at radius 3 is 2.57 bits per heavy atom. The second-order valence-corrected chi connectivity index (χ2v) is 7.47. The van der Waals surface area contributed by atoms with Crippen molar-refractivity contribution >= 4 is 11.6 Å². The zero-order valence-electron chi connectivity index (χ0n) is 14.5. The maximum Gasteiger partial charge on any atom is 0.225 e. The minimum absolute atomic E-state index is 0.0737. The number of rotatable bonds is 2. The monoisotopic (exact) mass is 316 g/mol. The summed E-state index contributed by atoms with van der Waals surface area (Å²) >= 11 is 0. The number of anilines is 1. The molecule has 23 heavy (non-hydrogen) atoms. The Hall–Kier alpha value is -1.62. The number of hydrogen-bond donors (Lipinski definition) is 0. The van der Waals surface area contributed by atoms with Crippen molar-refractivity contribution in [3.8, 4) is 0 Å². The van der Waals surface area contributed by atoms with Gasteiger partial charge in [-0.15, -0.1) is 0 Å². The summed E-state index contributed by atoms with van der Waals surface area (Å²) in [6, 6.07) is 4.07. The maximum absolute atomic E-state index is 12.9. The molecule has 0 bridgehead atoms. The predicted molar refractivity (Wildman–Crippen MR) is 92.5 cm³/mol.